The molecule has 17 heavy (non-hydrogen) atoms. The third-order valence-corrected chi connectivity index (χ3v) is 4.51. The molecule has 0 rings (SSSR count). The molecule has 0 aromatic carbocycles. The first-order chi connectivity index (χ1) is 8.19. The van der Waals surface area contributed by atoms with Crippen molar-refractivity contribution in [3.8, 4) is 0 Å². The van der Waals surface area contributed by atoms with Gasteiger partial charge in [0.1, 0.15) is 0 Å². The Labute approximate surface area is 111 Å². The topological polar surface area (TPSA) is 0 Å². The van der Waals surface area contributed by atoms with Gasteiger partial charge in [0, 0.05) is 0 Å². The molecule has 0 amide bonds. The molecule has 0 aliphatic heterocycles. The lowest BCUT2D eigenvalue weighted by atomic mass is 9.79. The molecule has 0 saturated heterocycles. The Hall–Kier alpha value is 0. The minimum Gasteiger partial charge on any atom is -0.0654 e. The molecular weight excluding hydrogens is 204 g/mol. The van der Waals surface area contributed by atoms with Crippen LogP contribution in [-0.2, 0) is 0 Å². The van der Waals surface area contributed by atoms with Crippen molar-refractivity contribution >= 4 is 0 Å². The molecule has 0 aromatic rings. The number of hydrogen-bond donors (Lipinski definition) is 0. The Balaban J connectivity index is 4.18. The van der Waals surface area contributed by atoms with Crippen molar-refractivity contribution in [3.63, 3.8) is 0 Å². The normalized spacial score (nSPS) is 16.8. The highest BCUT2D eigenvalue weighted by Crippen LogP contribution is 2.31. The van der Waals surface area contributed by atoms with E-state index in [0.717, 1.165) is 17.8 Å². The average Bonchev–Trinajstić information content (AvgIpc) is 2.36. The van der Waals surface area contributed by atoms with E-state index in [9.17, 15) is 0 Å². The Bertz CT molecular complexity index is 150. The zero-order chi connectivity index (χ0) is 13.1. The zero-order valence-electron chi connectivity index (χ0n) is 13.1. The van der Waals surface area contributed by atoms with Crippen molar-refractivity contribution in [1.82, 2.24) is 0 Å². The summed E-state index contributed by atoms with van der Waals surface area (Å²) in [6.07, 6.45) is 12.8. The van der Waals surface area contributed by atoms with Gasteiger partial charge in [0.05, 0.1) is 0 Å². The quantitative estimate of drug-likeness (QED) is 0.389. The number of hydrogen-bond acceptors (Lipinski definition) is 0. The average molecular weight is 240 g/mol. The molecule has 0 N–H and O–H groups in total. The summed E-state index contributed by atoms with van der Waals surface area (Å²) in [7, 11) is 0. The highest BCUT2D eigenvalue weighted by Gasteiger charge is 2.19. The van der Waals surface area contributed by atoms with Crippen molar-refractivity contribution in [2.45, 2.75) is 92.4 Å². The van der Waals surface area contributed by atoms with Crippen molar-refractivity contribution in [2.75, 3.05) is 0 Å². The lowest BCUT2D eigenvalue weighted by molar-refractivity contribution is 0.245. The molecule has 0 bridgehead atoms. The summed E-state index contributed by atoms with van der Waals surface area (Å²) in [6, 6.07) is 0. The second-order valence-corrected chi connectivity index (χ2v) is 5.95. The highest BCUT2D eigenvalue weighted by molar-refractivity contribution is 4.70. The highest BCUT2D eigenvalue weighted by atomic mass is 14.2. The second-order valence-electron chi connectivity index (χ2n) is 5.95. The molecular formula is C17H36. The van der Waals surface area contributed by atoms with Crippen LogP contribution in [0.1, 0.15) is 92.4 Å². The van der Waals surface area contributed by atoms with Crippen molar-refractivity contribution in [2.24, 2.45) is 17.8 Å². The molecule has 0 spiro atoms. The molecule has 0 aliphatic rings. The summed E-state index contributed by atoms with van der Waals surface area (Å²) >= 11 is 0. The van der Waals surface area contributed by atoms with E-state index in [0.29, 0.717) is 0 Å². The van der Waals surface area contributed by atoms with Crippen LogP contribution in [0.2, 0.25) is 0 Å². The van der Waals surface area contributed by atoms with E-state index in [1.54, 1.807) is 0 Å². The molecule has 0 heteroatoms. The second kappa shape index (κ2) is 11.1. The van der Waals surface area contributed by atoms with Crippen LogP contribution >= 0.6 is 0 Å². The van der Waals surface area contributed by atoms with E-state index in [1.807, 2.05) is 0 Å². The summed E-state index contributed by atoms with van der Waals surface area (Å²) in [6.45, 7) is 11.8. The number of rotatable bonds is 11. The van der Waals surface area contributed by atoms with Gasteiger partial charge in [0.2, 0.25) is 0 Å². The zero-order valence-corrected chi connectivity index (χ0v) is 13.1. The summed E-state index contributed by atoms with van der Waals surface area (Å²) in [5, 5.41) is 0. The summed E-state index contributed by atoms with van der Waals surface area (Å²) in [5.41, 5.74) is 0. The maximum absolute atomic E-state index is 2.41. The van der Waals surface area contributed by atoms with Crippen LogP contribution in [0.15, 0.2) is 0 Å². The molecule has 104 valence electrons. The lowest BCUT2D eigenvalue weighted by Crippen LogP contribution is -2.15. The summed E-state index contributed by atoms with van der Waals surface area (Å²) in [4.78, 5) is 0. The van der Waals surface area contributed by atoms with Crippen molar-refractivity contribution in [3.05, 3.63) is 0 Å². The van der Waals surface area contributed by atoms with Gasteiger partial charge >= 0.3 is 0 Å². The predicted molar refractivity (Wildman–Crippen MR) is 80.4 cm³/mol. The standard InChI is InChI=1S/C17H36/c1-6-10-12-17(14-13-15(5)8-3)16(9-4)11-7-2/h15-17H,6-14H2,1-5H3. The van der Waals surface area contributed by atoms with Crippen LogP contribution in [0.5, 0.6) is 0 Å². The Morgan fingerprint density at radius 2 is 1.35 bits per heavy atom. The van der Waals surface area contributed by atoms with Crippen LogP contribution in [0.3, 0.4) is 0 Å². The van der Waals surface area contributed by atoms with Gasteiger partial charge in [-0.3, -0.25) is 0 Å². The van der Waals surface area contributed by atoms with E-state index in [2.05, 4.69) is 34.6 Å². The molecule has 3 unspecified atom stereocenters. The van der Waals surface area contributed by atoms with E-state index >= 15 is 0 Å². The van der Waals surface area contributed by atoms with Gasteiger partial charge in [-0.25, -0.2) is 0 Å². The first-order valence-electron chi connectivity index (χ1n) is 8.19. The summed E-state index contributed by atoms with van der Waals surface area (Å²) < 4.78 is 0. The predicted octanol–water partition coefficient (Wildman–Crippen LogP) is 6.45. The van der Waals surface area contributed by atoms with Crippen LogP contribution in [0, 0.1) is 17.8 Å². The van der Waals surface area contributed by atoms with Gasteiger partial charge < -0.3 is 0 Å². The van der Waals surface area contributed by atoms with Crippen molar-refractivity contribution < 1.29 is 0 Å². The molecule has 0 radical (unpaired) electrons. The Morgan fingerprint density at radius 3 is 1.82 bits per heavy atom. The minimum atomic E-state index is 0.929. The van der Waals surface area contributed by atoms with E-state index < -0.39 is 0 Å². The summed E-state index contributed by atoms with van der Waals surface area (Å²) in [5.74, 6) is 2.93. The first kappa shape index (κ1) is 17.0. The lowest BCUT2D eigenvalue weighted by Gasteiger charge is -2.27. The van der Waals surface area contributed by atoms with E-state index in [4.69, 9.17) is 0 Å². The van der Waals surface area contributed by atoms with E-state index in [1.165, 1.54) is 57.8 Å². The fraction of sp³-hybridized carbons (Fsp3) is 1.00. The van der Waals surface area contributed by atoms with Crippen LogP contribution in [0.4, 0.5) is 0 Å². The molecule has 0 heterocycles. The maximum Gasteiger partial charge on any atom is -0.0386 e. The van der Waals surface area contributed by atoms with Gasteiger partial charge in [0.15, 0.2) is 0 Å². The molecule has 0 fully saturated rings. The minimum absolute atomic E-state index is 0.929. The van der Waals surface area contributed by atoms with Gasteiger partial charge in [0.25, 0.3) is 0 Å². The molecule has 0 saturated carbocycles. The van der Waals surface area contributed by atoms with Gasteiger partial charge in [-0.15, -0.1) is 0 Å². The molecule has 3 atom stereocenters. The largest absolute Gasteiger partial charge is 0.0654 e. The Kier molecular flexibility index (Phi) is 11.1. The van der Waals surface area contributed by atoms with Gasteiger partial charge in [-0.2, -0.15) is 0 Å². The third kappa shape index (κ3) is 7.84. The monoisotopic (exact) mass is 240 g/mol. The molecule has 0 aliphatic carbocycles. The van der Waals surface area contributed by atoms with Crippen molar-refractivity contribution in [1.29, 1.82) is 0 Å². The Morgan fingerprint density at radius 1 is 0.647 bits per heavy atom. The van der Waals surface area contributed by atoms with Crippen LogP contribution in [0.25, 0.3) is 0 Å². The molecule has 0 nitrogen and oxygen atoms in total. The van der Waals surface area contributed by atoms with E-state index in [-0.39, 0.29) is 0 Å². The maximum atomic E-state index is 2.41. The smallest absolute Gasteiger partial charge is 0.0386 e. The first-order valence-corrected chi connectivity index (χ1v) is 8.19. The van der Waals surface area contributed by atoms with Crippen LogP contribution in [-0.4, -0.2) is 0 Å². The molecule has 0 aromatic heterocycles. The number of unbranched alkanes of at least 4 members (excludes halogenated alkanes) is 1. The third-order valence-electron chi connectivity index (χ3n) is 4.51. The fourth-order valence-corrected chi connectivity index (χ4v) is 2.93. The van der Waals surface area contributed by atoms with Crippen LogP contribution < -0.4 is 0 Å². The fourth-order valence-electron chi connectivity index (χ4n) is 2.93. The van der Waals surface area contributed by atoms with Gasteiger partial charge in [-0.05, 0) is 24.2 Å². The SMILES string of the molecule is CCCCC(CCC(C)CC)C(CC)CCC. The van der Waals surface area contributed by atoms with Gasteiger partial charge in [-0.1, -0.05) is 86.0 Å².